The highest BCUT2D eigenvalue weighted by Gasteiger charge is 2.08. The molecule has 1 aromatic heterocycles. The molecule has 110 valence electrons. The highest BCUT2D eigenvalue weighted by Crippen LogP contribution is 2.15. The molecule has 0 aliphatic rings. The Balaban J connectivity index is 1.86. The number of anilines is 1. The second kappa shape index (κ2) is 6.69. The standard InChI is InChI=1S/C15H17N3O3/c1-12-4-3-5-14(10-12)21-9-8-17(2)15-7-6-13(11-16-15)18(19)20/h3-7,10-11H,8-9H2,1-2H3. The second-order valence-corrected chi connectivity index (χ2v) is 4.72. The van der Waals surface area contributed by atoms with Crippen molar-refractivity contribution in [1.29, 1.82) is 0 Å². The summed E-state index contributed by atoms with van der Waals surface area (Å²) in [5.74, 6) is 1.51. The average Bonchev–Trinajstić information content (AvgIpc) is 2.47. The zero-order valence-corrected chi connectivity index (χ0v) is 12.0. The second-order valence-electron chi connectivity index (χ2n) is 4.72. The molecule has 1 heterocycles. The monoisotopic (exact) mass is 287 g/mol. The van der Waals surface area contributed by atoms with E-state index in [-0.39, 0.29) is 5.69 Å². The number of hydrogen-bond acceptors (Lipinski definition) is 5. The van der Waals surface area contributed by atoms with Crippen LogP contribution in [0.15, 0.2) is 42.6 Å². The SMILES string of the molecule is Cc1cccc(OCCN(C)c2ccc([N+](=O)[O-])cn2)c1. The first-order valence-electron chi connectivity index (χ1n) is 6.57. The summed E-state index contributed by atoms with van der Waals surface area (Å²) in [5, 5.41) is 10.6. The Hall–Kier alpha value is -2.63. The largest absolute Gasteiger partial charge is 0.492 e. The Morgan fingerprint density at radius 1 is 1.33 bits per heavy atom. The van der Waals surface area contributed by atoms with Gasteiger partial charge in [-0.3, -0.25) is 10.1 Å². The van der Waals surface area contributed by atoms with Crippen LogP contribution in [0.3, 0.4) is 0 Å². The van der Waals surface area contributed by atoms with Gasteiger partial charge in [-0.15, -0.1) is 0 Å². The van der Waals surface area contributed by atoms with Crippen molar-refractivity contribution in [3.63, 3.8) is 0 Å². The summed E-state index contributed by atoms with van der Waals surface area (Å²) in [6, 6.07) is 10.9. The predicted octanol–water partition coefficient (Wildman–Crippen LogP) is 2.81. The van der Waals surface area contributed by atoms with Gasteiger partial charge in [-0.25, -0.2) is 4.98 Å². The van der Waals surface area contributed by atoms with Crippen LogP contribution in [0.4, 0.5) is 11.5 Å². The number of pyridine rings is 1. The van der Waals surface area contributed by atoms with E-state index in [0.717, 1.165) is 11.3 Å². The minimum Gasteiger partial charge on any atom is -0.492 e. The fraction of sp³-hybridized carbons (Fsp3) is 0.267. The van der Waals surface area contributed by atoms with E-state index in [1.54, 1.807) is 6.07 Å². The molecule has 0 unspecified atom stereocenters. The van der Waals surface area contributed by atoms with Crippen LogP contribution in [-0.4, -0.2) is 30.1 Å². The fourth-order valence-corrected chi connectivity index (χ4v) is 1.83. The van der Waals surface area contributed by atoms with Gasteiger partial charge in [0.15, 0.2) is 0 Å². The molecule has 0 aliphatic carbocycles. The fourth-order valence-electron chi connectivity index (χ4n) is 1.83. The molecule has 0 fully saturated rings. The number of aromatic nitrogens is 1. The summed E-state index contributed by atoms with van der Waals surface area (Å²) in [4.78, 5) is 16.1. The van der Waals surface area contributed by atoms with Crippen molar-refractivity contribution in [2.75, 3.05) is 25.1 Å². The van der Waals surface area contributed by atoms with Crippen LogP contribution >= 0.6 is 0 Å². The van der Waals surface area contributed by atoms with Gasteiger partial charge in [0.05, 0.1) is 11.5 Å². The zero-order valence-electron chi connectivity index (χ0n) is 12.0. The quantitative estimate of drug-likeness (QED) is 0.603. The maximum Gasteiger partial charge on any atom is 0.287 e. The van der Waals surface area contributed by atoms with Gasteiger partial charge in [0.1, 0.15) is 24.4 Å². The van der Waals surface area contributed by atoms with Gasteiger partial charge in [0.2, 0.25) is 0 Å². The van der Waals surface area contributed by atoms with Gasteiger partial charge in [-0.2, -0.15) is 0 Å². The Kier molecular flexibility index (Phi) is 4.71. The lowest BCUT2D eigenvalue weighted by molar-refractivity contribution is -0.385. The number of ether oxygens (including phenoxy) is 1. The smallest absolute Gasteiger partial charge is 0.287 e. The zero-order chi connectivity index (χ0) is 15.2. The number of benzene rings is 1. The minimum atomic E-state index is -0.461. The van der Waals surface area contributed by atoms with Crippen molar-refractivity contribution in [3.8, 4) is 5.75 Å². The van der Waals surface area contributed by atoms with Crippen LogP contribution in [0.2, 0.25) is 0 Å². The molecule has 0 saturated carbocycles. The molecule has 2 aromatic rings. The normalized spacial score (nSPS) is 10.2. The van der Waals surface area contributed by atoms with Crippen LogP contribution in [0, 0.1) is 17.0 Å². The molecular weight excluding hydrogens is 270 g/mol. The number of rotatable bonds is 6. The van der Waals surface area contributed by atoms with Gasteiger partial charge in [-0.1, -0.05) is 12.1 Å². The van der Waals surface area contributed by atoms with Crippen molar-refractivity contribution >= 4 is 11.5 Å². The third-order valence-corrected chi connectivity index (χ3v) is 3.02. The summed E-state index contributed by atoms with van der Waals surface area (Å²) in [6.07, 6.45) is 1.26. The van der Waals surface area contributed by atoms with Crippen LogP contribution < -0.4 is 9.64 Å². The van der Waals surface area contributed by atoms with Crippen molar-refractivity contribution < 1.29 is 9.66 Å². The Morgan fingerprint density at radius 3 is 2.76 bits per heavy atom. The molecule has 0 bridgehead atoms. The lowest BCUT2D eigenvalue weighted by atomic mass is 10.2. The van der Waals surface area contributed by atoms with Gasteiger partial charge < -0.3 is 9.64 Å². The summed E-state index contributed by atoms with van der Waals surface area (Å²) < 4.78 is 5.66. The highest BCUT2D eigenvalue weighted by atomic mass is 16.6. The van der Waals surface area contributed by atoms with Crippen LogP contribution in [0.25, 0.3) is 0 Å². The summed E-state index contributed by atoms with van der Waals surface area (Å²) in [5.41, 5.74) is 1.14. The molecule has 0 aliphatic heterocycles. The Labute approximate surface area is 123 Å². The van der Waals surface area contributed by atoms with E-state index in [2.05, 4.69) is 4.98 Å². The molecule has 1 aromatic carbocycles. The number of likely N-dealkylation sites (N-methyl/N-ethyl adjacent to an activating group) is 1. The molecule has 2 rings (SSSR count). The lowest BCUT2D eigenvalue weighted by Gasteiger charge is -2.18. The molecule has 0 atom stereocenters. The number of nitro groups is 1. The van der Waals surface area contributed by atoms with E-state index < -0.39 is 4.92 Å². The maximum absolute atomic E-state index is 10.6. The molecule has 0 radical (unpaired) electrons. The van der Waals surface area contributed by atoms with Gasteiger partial charge in [0, 0.05) is 13.1 Å². The highest BCUT2D eigenvalue weighted by molar-refractivity contribution is 5.42. The van der Waals surface area contributed by atoms with Gasteiger partial charge in [-0.05, 0) is 30.7 Å². The molecule has 0 amide bonds. The summed E-state index contributed by atoms with van der Waals surface area (Å²) in [6.45, 7) is 3.16. The Morgan fingerprint density at radius 2 is 2.14 bits per heavy atom. The average molecular weight is 287 g/mol. The van der Waals surface area contributed by atoms with E-state index in [4.69, 9.17) is 4.74 Å². The van der Waals surface area contributed by atoms with E-state index >= 15 is 0 Å². The van der Waals surface area contributed by atoms with E-state index in [9.17, 15) is 10.1 Å². The summed E-state index contributed by atoms with van der Waals surface area (Å²) in [7, 11) is 1.87. The third-order valence-electron chi connectivity index (χ3n) is 3.02. The first kappa shape index (κ1) is 14.8. The minimum absolute atomic E-state index is 0.0110. The topological polar surface area (TPSA) is 68.5 Å². The van der Waals surface area contributed by atoms with Crippen molar-refractivity contribution in [2.45, 2.75) is 6.92 Å². The molecule has 6 nitrogen and oxygen atoms in total. The lowest BCUT2D eigenvalue weighted by Crippen LogP contribution is -2.24. The van der Waals surface area contributed by atoms with Crippen LogP contribution in [0.1, 0.15) is 5.56 Å². The molecule has 6 heteroatoms. The van der Waals surface area contributed by atoms with Crippen molar-refractivity contribution in [1.82, 2.24) is 4.98 Å². The van der Waals surface area contributed by atoms with E-state index in [0.29, 0.717) is 19.0 Å². The van der Waals surface area contributed by atoms with Gasteiger partial charge in [0.25, 0.3) is 5.69 Å². The van der Waals surface area contributed by atoms with Crippen LogP contribution in [0.5, 0.6) is 5.75 Å². The first-order valence-corrected chi connectivity index (χ1v) is 6.57. The summed E-state index contributed by atoms with van der Waals surface area (Å²) >= 11 is 0. The molecule has 0 spiro atoms. The predicted molar refractivity (Wildman–Crippen MR) is 80.8 cm³/mol. The number of hydrogen-bond donors (Lipinski definition) is 0. The Bertz CT molecular complexity index is 614. The van der Waals surface area contributed by atoms with Crippen LogP contribution in [-0.2, 0) is 0 Å². The van der Waals surface area contributed by atoms with Crippen molar-refractivity contribution in [3.05, 3.63) is 58.3 Å². The molecule has 21 heavy (non-hydrogen) atoms. The first-order chi connectivity index (χ1) is 10.1. The van der Waals surface area contributed by atoms with E-state index in [1.807, 2.05) is 43.1 Å². The molecule has 0 N–H and O–H groups in total. The third kappa shape index (κ3) is 4.17. The molecular formula is C15H17N3O3. The molecule has 0 saturated heterocycles. The van der Waals surface area contributed by atoms with Gasteiger partial charge >= 0.3 is 0 Å². The maximum atomic E-state index is 10.6. The number of nitrogens with zero attached hydrogens (tertiary/aromatic N) is 3. The van der Waals surface area contributed by atoms with E-state index in [1.165, 1.54) is 12.3 Å². The van der Waals surface area contributed by atoms with Crippen molar-refractivity contribution in [2.24, 2.45) is 0 Å². The number of aryl methyl sites for hydroxylation is 1.